The standard InChI is InChI=1S/C9H8ClNSSe/c1-2-11-9(12)7-5-6(10)3-4-8(7)13-11/h3-5H,2H2,1H3. The third-order valence-electron chi connectivity index (χ3n) is 1.89. The van der Waals surface area contributed by atoms with Crippen LogP contribution in [0.3, 0.4) is 0 Å². The molecule has 0 bridgehead atoms. The fourth-order valence-electron chi connectivity index (χ4n) is 1.25. The van der Waals surface area contributed by atoms with Crippen molar-refractivity contribution in [2.75, 3.05) is 0 Å². The summed E-state index contributed by atoms with van der Waals surface area (Å²) in [4.78, 5) is 0. The van der Waals surface area contributed by atoms with Crippen molar-refractivity contribution in [2.24, 2.45) is 0 Å². The van der Waals surface area contributed by atoms with Crippen molar-refractivity contribution in [1.82, 2.24) is 3.56 Å². The van der Waals surface area contributed by atoms with E-state index in [1.807, 2.05) is 12.1 Å². The number of rotatable bonds is 1. The van der Waals surface area contributed by atoms with Crippen molar-refractivity contribution >= 4 is 48.2 Å². The van der Waals surface area contributed by atoms with Gasteiger partial charge in [0.25, 0.3) is 0 Å². The number of hydrogen-bond acceptors (Lipinski definition) is 1. The van der Waals surface area contributed by atoms with Gasteiger partial charge >= 0.3 is 93.1 Å². The first-order valence-corrected chi connectivity index (χ1v) is 6.42. The quantitative estimate of drug-likeness (QED) is 0.572. The van der Waals surface area contributed by atoms with E-state index in [0.717, 1.165) is 21.6 Å². The molecule has 0 atom stereocenters. The maximum absolute atomic E-state index is 5.91. The van der Waals surface area contributed by atoms with Gasteiger partial charge in [-0.25, -0.2) is 0 Å². The molecule has 1 nitrogen and oxygen atoms in total. The first kappa shape index (κ1) is 9.47. The molecular weight excluding hydrogens is 269 g/mol. The number of aryl methyl sites for hydroxylation is 1. The number of halogens is 1. The Bertz CT molecular complexity index is 500. The van der Waals surface area contributed by atoms with Crippen LogP contribution in [-0.2, 0) is 6.54 Å². The molecule has 0 N–H and O–H groups in total. The van der Waals surface area contributed by atoms with E-state index in [-0.39, 0.29) is 0 Å². The summed E-state index contributed by atoms with van der Waals surface area (Å²) in [6.07, 6.45) is 0. The van der Waals surface area contributed by atoms with E-state index < -0.39 is 0 Å². The predicted octanol–water partition coefficient (Wildman–Crippen LogP) is 3.10. The molecule has 0 aliphatic rings. The van der Waals surface area contributed by atoms with Crippen LogP contribution < -0.4 is 0 Å². The maximum atomic E-state index is 5.91. The second-order valence-electron chi connectivity index (χ2n) is 2.73. The molecule has 0 saturated heterocycles. The number of hydrogen-bond donors (Lipinski definition) is 0. The van der Waals surface area contributed by atoms with Gasteiger partial charge in [0, 0.05) is 0 Å². The molecule has 0 saturated carbocycles. The van der Waals surface area contributed by atoms with Gasteiger partial charge in [-0.2, -0.15) is 0 Å². The summed E-state index contributed by atoms with van der Waals surface area (Å²) in [5, 5.41) is 1.93. The Labute approximate surface area is 92.9 Å². The Balaban J connectivity index is 2.85. The molecule has 1 aromatic carbocycles. The molecule has 68 valence electrons. The Morgan fingerprint density at radius 3 is 3.00 bits per heavy atom. The summed E-state index contributed by atoms with van der Waals surface area (Å²) in [5.41, 5.74) is 0. The van der Waals surface area contributed by atoms with Crippen LogP contribution in [0.1, 0.15) is 6.92 Å². The minimum absolute atomic E-state index is 0.367. The molecule has 0 aliphatic heterocycles. The molecule has 0 radical (unpaired) electrons. The van der Waals surface area contributed by atoms with E-state index in [1.54, 1.807) is 0 Å². The second kappa shape index (κ2) is 3.58. The van der Waals surface area contributed by atoms with Gasteiger partial charge in [0.05, 0.1) is 0 Å². The van der Waals surface area contributed by atoms with E-state index in [2.05, 4.69) is 16.6 Å². The molecule has 13 heavy (non-hydrogen) atoms. The monoisotopic (exact) mass is 277 g/mol. The molecular formula is C9H8ClNSSe. The zero-order valence-corrected chi connectivity index (χ0v) is 10.4. The predicted molar refractivity (Wildman–Crippen MR) is 60.4 cm³/mol. The second-order valence-corrected chi connectivity index (χ2v) is 5.79. The average molecular weight is 277 g/mol. The number of aromatic nitrogens is 1. The summed E-state index contributed by atoms with van der Waals surface area (Å²) < 4.78 is 4.55. The molecule has 4 heteroatoms. The molecule has 0 amide bonds. The number of fused-ring (bicyclic) bond motifs is 1. The third-order valence-corrected chi connectivity index (χ3v) is 5.38. The zero-order chi connectivity index (χ0) is 9.42. The van der Waals surface area contributed by atoms with Gasteiger partial charge in [-0.05, 0) is 0 Å². The van der Waals surface area contributed by atoms with Crippen LogP contribution >= 0.6 is 23.8 Å². The van der Waals surface area contributed by atoms with Crippen molar-refractivity contribution in [3.8, 4) is 0 Å². The van der Waals surface area contributed by atoms with Crippen molar-refractivity contribution < 1.29 is 0 Å². The van der Waals surface area contributed by atoms with Crippen LogP contribution in [0.5, 0.6) is 0 Å². The van der Waals surface area contributed by atoms with Gasteiger partial charge in [-0.1, -0.05) is 0 Å². The van der Waals surface area contributed by atoms with Gasteiger partial charge in [-0.15, -0.1) is 0 Å². The fraction of sp³-hybridized carbons (Fsp3) is 0.222. The van der Waals surface area contributed by atoms with Gasteiger partial charge in [-0.3, -0.25) is 0 Å². The van der Waals surface area contributed by atoms with Crippen LogP contribution in [0.15, 0.2) is 18.2 Å². The molecule has 0 spiro atoms. The van der Waals surface area contributed by atoms with E-state index in [0.29, 0.717) is 14.7 Å². The summed E-state index contributed by atoms with van der Waals surface area (Å²) in [6.45, 7) is 3.12. The van der Waals surface area contributed by atoms with Gasteiger partial charge in [0.2, 0.25) is 0 Å². The first-order valence-electron chi connectivity index (χ1n) is 4.01. The van der Waals surface area contributed by atoms with Gasteiger partial charge < -0.3 is 0 Å². The first-order chi connectivity index (χ1) is 6.22. The van der Waals surface area contributed by atoms with E-state index in [1.165, 1.54) is 4.26 Å². The van der Waals surface area contributed by atoms with Gasteiger partial charge in [0.1, 0.15) is 0 Å². The Morgan fingerprint density at radius 1 is 1.54 bits per heavy atom. The molecule has 2 aromatic rings. The Morgan fingerprint density at radius 2 is 2.31 bits per heavy atom. The zero-order valence-electron chi connectivity index (χ0n) is 7.08. The van der Waals surface area contributed by atoms with Crippen LogP contribution in [0.25, 0.3) is 9.65 Å². The Kier molecular flexibility index (Phi) is 2.61. The SMILES string of the molecule is CCn1[se]c2ccc(Cl)cc2c1=S. The summed E-state index contributed by atoms with van der Waals surface area (Å²) in [7, 11) is 0. The molecule has 1 heterocycles. The van der Waals surface area contributed by atoms with Crippen LogP contribution in [-0.4, -0.2) is 18.3 Å². The molecule has 0 unspecified atom stereocenters. The number of nitrogens with zero attached hydrogens (tertiary/aromatic N) is 1. The van der Waals surface area contributed by atoms with Crippen molar-refractivity contribution in [3.05, 3.63) is 27.9 Å². The van der Waals surface area contributed by atoms with Crippen LogP contribution in [0.4, 0.5) is 0 Å². The molecule has 0 aliphatic carbocycles. The van der Waals surface area contributed by atoms with Crippen molar-refractivity contribution in [2.45, 2.75) is 13.5 Å². The average Bonchev–Trinajstić information content (AvgIpc) is 2.44. The molecule has 1 aromatic heterocycles. The van der Waals surface area contributed by atoms with Gasteiger partial charge in [0.15, 0.2) is 0 Å². The Hall–Kier alpha value is -0.0805. The topological polar surface area (TPSA) is 4.93 Å². The third kappa shape index (κ3) is 1.62. The normalized spacial score (nSPS) is 10.9. The fourth-order valence-corrected chi connectivity index (χ4v) is 4.01. The van der Waals surface area contributed by atoms with Crippen LogP contribution in [0.2, 0.25) is 5.02 Å². The van der Waals surface area contributed by atoms with E-state index in [4.69, 9.17) is 23.8 Å². The number of benzene rings is 1. The summed E-state index contributed by atoms with van der Waals surface area (Å²) in [6, 6.07) is 5.99. The summed E-state index contributed by atoms with van der Waals surface area (Å²) >= 11 is 11.6. The van der Waals surface area contributed by atoms with Crippen molar-refractivity contribution in [1.29, 1.82) is 0 Å². The summed E-state index contributed by atoms with van der Waals surface area (Å²) in [5.74, 6) is 0. The van der Waals surface area contributed by atoms with E-state index in [9.17, 15) is 0 Å². The van der Waals surface area contributed by atoms with Crippen LogP contribution in [0, 0.1) is 4.64 Å². The minimum atomic E-state index is 0.367. The molecule has 2 rings (SSSR count). The molecule has 0 fully saturated rings. The van der Waals surface area contributed by atoms with Crippen molar-refractivity contribution in [3.63, 3.8) is 0 Å². The van der Waals surface area contributed by atoms with E-state index >= 15 is 0 Å².